The highest BCUT2D eigenvalue weighted by Gasteiger charge is 2.19. The summed E-state index contributed by atoms with van der Waals surface area (Å²) >= 11 is 0. The van der Waals surface area contributed by atoms with Crippen LogP contribution in [0, 0.1) is 0 Å². The topological polar surface area (TPSA) is 73.9 Å². The molecule has 0 fully saturated rings. The number of methoxy groups -OCH3 is 1. The van der Waals surface area contributed by atoms with Crippen LogP contribution in [0.15, 0.2) is 0 Å². The molecule has 0 bridgehead atoms. The van der Waals surface area contributed by atoms with Crippen LogP contribution < -0.4 is 5.32 Å². The molecule has 1 unspecified atom stereocenters. The van der Waals surface area contributed by atoms with Gasteiger partial charge >= 0.3 is 5.97 Å². The first-order valence-corrected chi connectivity index (χ1v) is 6.12. The van der Waals surface area contributed by atoms with Gasteiger partial charge in [-0.25, -0.2) is 4.79 Å². The van der Waals surface area contributed by atoms with Crippen molar-refractivity contribution in [2.45, 2.75) is 32.7 Å². The Kier molecular flexibility index (Phi) is 10.3. The Balaban J connectivity index is 3.69. The van der Waals surface area contributed by atoms with E-state index in [0.717, 1.165) is 12.8 Å². The summed E-state index contributed by atoms with van der Waals surface area (Å²) in [7, 11) is 1.27. The average molecular weight is 261 g/mol. The van der Waals surface area contributed by atoms with Gasteiger partial charge in [0.1, 0.15) is 0 Å². The van der Waals surface area contributed by atoms with E-state index in [1.54, 1.807) is 0 Å². The Bertz CT molecular complexity index is 245. The monoisotopic (exact) mass is 261 g/mol. The molecule has 1 amide bonds. The largest absolute Gasteiger partial charge is 0.467 e. The molecule has 0 rings (SSSR count). The Morgan fingerprint density at radius 1 is 1.17 bits per heavy atom. The molecular formula is C12H23NO5. The molecule has 0 aromatic heterocycles. The summed E-state index contributed by atoms with van der Waals surface area (Å²) in [5.74, 6) is -0.815. The third kappa shape index (κ3) is 8.95. The molecule has 0 radical (unpaired) electrons. The molecule has 0 saturated carbocycles. The van der Waals surface area contributed by atoms with Crippen molar-refractivity contribution >= 4 is 11.9 Å². The third-order valence-electron chi connectivity index (χ3n) is 2.16. The zero-order valence-electron chi connectivity index (χ0n) is 11.4. The normalized spacial score (nSPS) is 11.9. The average Bonchev–Trinajstić information content (AvgIpc) is 2.34. The summed E-state index contributed by atoms with van der Waals surface area (Å²) in [6, 6.07) is -0.761. The van der Waals surface area contributed by atoms with Gasteiger partial charge in [-0.15, -0.1) is 0 Å². The van der Waals surface area contributed by atoms with Gasteiger partial charge in [0.25, 0.3) is 0 Å². The van der Waals surface area contributed by atoms with Crippen LogP contribution in [0.4, 0.5) is 0 Å². The second kappa shape index (κ2) is 11.0. The Morgan fingerprint density at radius 2 is 1.83 bits per heavy atom. The van der Waals surface area contributed by atoms with Gasteiger partial charge in [-0.3, -0.25) is 4.79 Å². The van der Waals surface area contributed by atoms with Crippen molar-refractivity contribution in [2.75, 3.05) is 33.5 Å². The molecule has 0 heterocycles. The smallest absolute Gasteiger partial charge is 0.330 e. The molecule has 1 atom stereocenters. The first-order valence-electron chi connectivity index (χ1n) is 6.12. The van der Waals surface area contributed by atoms with Crippen LogP contribution in [0.2, 0.25) is 0 Å². The first-order chi connectivity index (χ1) is 8.61. The maximum absolute atomic E-state index is 11.3. The zero-order chi connectivity index (χ0) is 13.8. The van der Waals surface area contributed by atoms with Crippen LogP contribution in [0.3, 0.4) is 0 Å². The Hall–Kier alpha value is -1.14. The molecule has 1 N–H and O–H groups in total. The lowest BCUT2D eigenvalue weighted by Gasteiger charge is -2.15. The number of hydrogen-bond acceptors (Lipinski definition) is 5. The fourth-order valence-corrected chi connectivity index (χ4v) is 1.22. The van der Waals surface area contributed by atoms with Gasteiger partial charge in [-0.2, -0.15) is 0 Å². The van der Waals surface area contributed by atoms with Gasteiger partial charge in [0, 0.05) is 13.5 Å². The standard InChI is InChI=1S/C12H23NO5/c1-4-5-6-17-7-8-18-9-11(12(15)16-3)13-10(2)14/h11H,4-9H2,1-3H3,(H,13,14). The van der Waals surface area contributed by atoms with Crippen LogP contribution in [0.1, 0.15) is 26.7 Å². The summed E-state index contributed by atoms with van der Waals surface area (Å²) in [5, 5.41) is 2.46. The van der Waals surface area contributed by atoms with E-state index in [4.69, 9.17) is 9.47 Å². The molecule has 106 valence electrons. The summed E-state index contributed by atoms with van der Waals surface area (Å²) < 4.78 is 15.1. The van der Waals surface area contributed by atoms with Crippen LogP contribution in [-0.4, -0.2) is 51.5 Å². The zero-order valence-corrected chi connectivity index (χ0v) is 11.4. The molecule has 0 spiro atoms. The molecule has 18 heavy (non-hydrogen) atoms. The van der Waals surface area contributed by atoms with E-state index < -0.39 is 12.0 Å². The van der Waals surface area contributed by atoms with Gasteiger partial charge in [0.2, 0.25) is 5.91 Å². The van der Waals surface area contributed by atoms with Gasteiger partial charge in [-0.05, 0) is 6.42 Å². The van der Waals surface area contributed by atoms with Crippen molar-refractivity contribution in [3.8, 4) is 0 Å². The first kappa shape index (κ1) is 16.9. The molecular weight excluding hydrogens is 238 g/mol. The van der Waals surface area contributed by atoms with Gasteiger partial charge in [0.15, 0.2) is 6.04 Å². The third-order valence-corrected chi connectivity index (χ3v) is 2.16. The van der Waals surface area contributed by atoms with Gasteiger partial charge < -0.3 is 19.5 Å². The summed E-state index contributed by atoms with van der Waals surface area (Å²) in [4.78, 5) is 22.2. The number of nitrogens with one attached hydrogen (secondary N) is 1. The molecule has 0 aliphatic heterocycles. The predicted molar refractivity (Wildman–Crippen MR) is 66.2 cm³/mol. The molecule has 0 saturated heterocycles. The van der Waals surface area contributed by atoms with E-state index in [1.807, 2.05) is 0 Å². The lowest BCUT2D eigenvalue weighted by atomic mass is 10.3. The van der Waals surface area contributed by atoms with Crippen LogP contribution >= 0.6 is 0 Å². The second-order valence-corrected chi connectivity index (χ2v) is 3.82. The highest BCUT2D eigenvalue weighted by molar-refractivity contribution is 5.83. The molecule has 0 aromatic carbocycles. The minimum atomic E-state index is -0.761. The highest BCUT2D eigenvalue weighted by atomic mass is 16.5. The van der Waals surface area contributed by atoms with E-state index in [-0.39, 0.29) is 12.5 Å². The molecule has 0 aliphatic rings. The van der Waals surface area contributed by atoms with Crippen LogP contribution in [-0.2, 0) is 23.8 Å². The van der Waals surface area contributed by atoms with E-state index in [9.17, 15) is 9.59 Å². The number of rotatable bonds is 10. The van der Waals surface area contributed by atoms with E-state index >= 15 is 0 Å². The fourth-order valence-electron chi connectivity index (χ4n) is 1.22. The number of amides is 1. The SMILES string of the molecule is CCCCOCCOCC(NC(C)=O)C(=O)OC. The highest BCUT2D eigenvalue weighted by Crippen LogP contribution is 1.92. The molecule has 0 aromatic rings. The van der Waals surface area contributed by atoms with Crippen molar-refractivity contribution in [1.29, 1.82) is 0 Å². The lowest BCUT2D eigenvalue weighted by Crippen LogP contribution is -2.43. The number of hydrogen-bond donors (Lipinski definition) is 1. The second-order valence-electron chi connectivity index (χ2n) is 3.82. The quantitative estimate of drug-likeness (QED) is 0.458. The lowest BCUT2D eigenvalue weighted by molar-refractivity contribution is -0.146. The van der Waals surface area contributed by atoms with E-state index in [1.165, 1.54) is 14.0 Å². The number of carbonyl (C=O) groups excluding carboxylic acids is 2. The minimum absolute atomic E-state index is 0.0867. The van der Waals surface area contributed by atoms with Crippen molar-refractivity contribution in [2.24, 2.45) is 0 Å². The van der Waals surface area contributed by atoms with E-state index in [0.29, 0.717) is 19.8 Å². The summed E-state index contributed by atoms with van der Waals surface area (Å²) in [6.07, 6.45) is 2.12. The van der Waals surface area contributed by atoms with Crippen molar-refractivity contribution in [3.63, 3.8) is 0 Å². The van der Waals surface area contributed by atoms with Crippen LogP contribution in [0.25, 0.3) is 0 Å². The Morgan fingerprint density at radius 3 is 2.39 bits per heavy atom. The molecule has 6 heteroatoms. The summed E-state index contributed by atoms with van der Waals surface area (Å²) in [6.45, 7) is 5.10. The van der Waals surface area contributed by atoms with Gasteiger partial charge in [-0.1, -0.05) is 13.3 Å². The number of ether oxygens (including phenoxy) is 3. The molecule has 6 nitrogen and oxygen atoms in total. The summed E-state index contributed by atoms with van der Waals surface area (Å²) in [5.41, 5.74) is 0. The van der Waals surface area contributed by atoms with Crippen molar-refractivity contribution in [1.82, 2.24) is 5.32 Å². The maximum Gasteiger partial charge on any atom is 0.330 e. The van der Waals surface area contributed by atoms with Crippen molar-refractivity contribution in [3.05, 3.63) is 0 Å². The molecule has 0 aliphatic carbocycles. The number of unbranched alkanes of at least 4 members (excludes halogenated alkanes) is 1. The van der Waals surface area contributed by atoms with Gasteiger partial charge in [0.05, 0.1) is 26.9 Å². The van der Waals surface area contributed by atoms with Crippen molar-refractivity contribution < 1.29 is 23.8 Å². The maximum atomic E-state index is 11.3. The Labute approximate surface area is 108 Å². The van der Waals surface area contributed by atoms with E-state index in [2.05, 4.69) is 17.0 Å². The minimum Gasteiger partial charge on any atom is -0.467 e. The van der Waals surface area contributed by atoms with Crippen LogP contribution in [0.5, 0.6) is 0 Å². The fraction of sp³-hybridized carbons (Fsp3) is 0.833. The predicted octanol–water partition coefficient (Wildman–Crippen LogP) is 0.497. The number of carbonyl (C=O) groups is 2. The number of esters is 1.